The first kappa shape index (κ1) is 17.0. The molecule has 0 saturated heterocycles. The van der Waals surface area contributed by atoms with Crippen molar-refractivity contribution in [2.75, 3.05) is 0 Å². The lowest BCUT2D eigenvalue weighted by atomic mass is 9.98. The summed E-state index contributed by atoms with van der Waals surface area (Å²) in [6.07, 6.45) is 3.18. The molecule has 0 fully saturated rings. The van der Waals surface area contributed by atoms with Crippen LogP contribution in [0.15, 0.2) is 60.7 Å². The summed E-state index contributed by atoms with van der Waals surface area (Å²) in [4.78, 5) is 12.0. The van der Waals surface area contributed by atoms with Gasteiger partial charge in [-0.2, -0.15) is 0 Å². The number of esters is 1. The Kier molecular flexibility index (Phi) is 5.75. The van der Waals surface area contributed by atoms with Gasteiger partial charge < -0.3 is 4.74 Å². The second-order valence-corrected chi connectivity index (χ2v) is 6.53. The number of benzene rings is 2. The minimum absolute atomic E-state index is 0.160. The molecule has 0 heterocycles. The summed E-state index contributed by atoms with van der Waals surface area (Å²) >= 11 is 0. The maximum atomic E-state index is 12.0. The Labute approximate surface area is 138 Å². The van der Waals surface area contributed by atoms with Gasteiger partial charge in [0, 0.05) is 6.42 Å². The molecule has 0 atom stereocenters. The van der Waals surface area contributed by atoms with Gasteiger partial charge in [0.15, 0.2) is 0 Å². The molecular formula is C21H24O2. The van der Waals surface area contributed by atoms with Crippen molar-refractivity contribution in [1.29, 1.82) is 0 Å². The second kappa shape index (κ2) is 7.77. The topological polar surface area (TPSA) is 26.3 Å². The third kappa shape index (κ3) is 6.11. The highest BCUT2D eigenvalue weighted by molar-refractivity contribution is 5.83. The van der Waals surface area contributed by atoms with Gasteiger partial charge in [0.25, 0.3) is 0 Å². The maximum absolute atomic E-state index is 12.0. The fraction of sp³-hybridized carbons (Fsp3) is 0.286. The summed E-state index contributed by atoms with van der Waals surface area (Å²) < 4.78 is 5.41. The average molecular weight is 308 g/mol. The van der Waals surface area contributed by atoms with Crippen LogP contribution < -0.4 is 0 Å². The quantitative estimate of drug-likeness (QED) is 0.550. The number of ether oxygens (including phenoxy) is 1. The Morgan fingerprint density at radius 1 is 0.913 bits per heavy atom. The van der Waals surface area contributed by atoms with E-state index in [2.05, 4.69) is 30.3 Å². The van der Waals surface area contributed by atoms with Gasteiger partial charge in [0.2, 0.25) is 0 Å². The molecule has 0 radical (unpaired) electrons. The first-order valence-corrected chi connectivity index (χ1v) is 7.97. The van der Waals surface area contributed by atoms with Crippen LogP contribution in [-0.2, 0) is 9.53 Å². The van der Waals surface area contributed by atoms with Gasteiger partial charge in [-0.25, -0.2) is 0 Å². The molecule has 0 aromatic heterocycles. The van der Waals surface area contributed by atoms with Crippen molar-refractivity contribution < 1.29 is 9.53 Å². The molecule has 0 aliphatic carbocycles. The third-order valence-electron chi connectivity index (χ3n) is 3.30. The number of carbonyl (C=O) groups excluding carboxylic acids is 1. The maximum Gasteiger partial charge on any atom is 0.306 e. The van der Waals surface area contributed by atoms with Crippen LogP contribution >= 0.6 is 0 Å². The predicted molar refractivity (Wildman–Crippen MR) is 95.8 cm³/mol. The van der Waals surface area contributed by atoms with Crippen LogP contribution in [0.4, 0.5) is 0 Å². The second-order valence-electron chi connectivity index (χ2n) is 6.53. The van der Waals surface area contributed by atoms with Crippen molar-refractivity contribution in [3.8, 4) is 0 Å². The molecule has 2 heteroatoms. The molecular weight excluding hydrogens is 284 g/mol. The fourth-order valence-corrected chi connectivity index (χ4v) is 2.33. The van der Waals surface area contributed by atoms with E-state index in [1.165, 1.54) is 0 Å². The van der Waals surface area contributed by atoms with Gasteiger partial charge in [0.05, 0.1) is 0 Å². The Hall–Kier alpha value is -2.35. The lowest BCUT2D eigenvalue weighted by Crippen LogP contribution is -2.23. The summed E-state index contributed by atoms with van der Waals surface area (Å²) in [5.41, 5.74) is 2.98. The first-order chi connectivity index (χ1) is 10.9. The fourth-order valence-electron chi connectivity index (χ4n) is 2.33. The van der Waals surface area contributed by atoms with Gasteiger partial charge in [0.1, 0.15) is 5.60 Å². The number of hydrogen-bond donors (Lipinski definition) is 0. The number of allylic oxidation sites excluding steroid dienone is 1. The highest BCUT2D eigenvalue weighted by Crippen LogP contribution is 2.24. The number of hydrogen-bond acceptors (Lipinski definition) is 2. The Bertz CT molecular complexity index is 649. The predicted octanol–water partition coefficient (Wildman–Crippen LogP) is 5.35. The van der Waals surface area contributed by atoms with Gasteiger partial charge in [-0.3, -0.25) is 4.79 Å². The summed E-state index contributed by atoms with van der Waals surface area (Å²) in [7, 11) is 0. The van der Waals surface area contributed by atoms with E-state index in [9.17, 15) is 4.79 Å². The SMILES string of the molecule is CC(C)(C)OC(=O)CCC(=Cc1ccccc1)c1ccccc1. The summed E-state index contributed by atoms with van der Waals surface area (Å²) in [6, 6.07) is 20.3. The summed E-state index contributed by atoms with van der Waals surface area (Å²) in [5.74, 6) is -0.160. The van der Waals surface area contributed by atoms with Crippen LogP contribution in [0.5, 0.6) is 0 Å². The molecule has 0 aliphatic rings. The van der Waals surface area contributed by atoms with Crippen LogP contribution in [0.1, 0.15) is 44.7 Å². The smallest absolute Gasteiger partial charge is 0.306 e. The third-order valence-corrected chi connectivity index (χ3v) is 3.30. The lowest BCUT2D eigenvalue weighted by molar-refractivity contribution is -0.154. The van der Waals surface area contributed by atoms with Crippen molar-refractivity contribution in [2.24, 2.45) is 0 Å². The molecule has 0 bridgehead atoms. The van der Waals surface area contributed by atoms with E-state index in [-0.39, 0.29) is 5.97 Å². The normalized spacial score (nSPS) is 12.0. The Morgan fingerprint density at radius 3 is 2.04 bits per heavy atom. The summed E-state index contributed by atoms with van der Waals surface area (Å²) in [6.45, 7) is 5.68. The molecule has 23 heavy (non-hydrogen) atoms. The molecule has 0 aliphatic heterocycles. The molecule has 0 spiro atoms. The molecule has 0 N–H and O–H groups in total. The van der Waals surface area contributed by atoms with E-state index in [1.807, 2.05) is 57.2 Å². The molecule has 0 saturated carbocycles. The van der Waals surface area contributed by atoms with Gasteiger partial charge in [-0.05, 0) is 43.9 Å². The molecule has 0 amide bonds. The largest absolute Gasteiger partial charge is 0.460 e. The molecule has 2 nitrogen and oxygen atoms in total. The van der Waals surface area contributed by atoms with E-state index in [0.717, 1.165) is 16.7 Å². The van der Waals surface area contributed by atoms with Crippen molar-refractivity contribution in [3.05, 3.63) is 71.8 Å². The number of rotatable bonds is 5. The molecule has 2 rings (SSSR count). The molecule has 120 valence electrons. The van der Waals surface area contributed by atoms with Crippen molar-refractivity contribution in [1.82, 2.24) is 0 Å². The minimum Gasteiger partial charge on any atom is -0.460 e. The monoisotopic (exact) mass is 308 g/mol. The van der Waals surface area contributed by atoms with Crippen LogP contribution in [0, 0.1) is 0 Å². The van der Waals surface area contributed by atoms with Crippen LogP contribution in [0.25, 0.3) is 11.6 Å². The zero-order chi connectivity index (χ0) is 16.7. The standard InChI is InChI=1S/C21H24O2/c1-21(2,3)23-20(22)15-14-19(18-12-8-5-9-13-18)16-17-10-6-4-7-11-17/h4-13,16H,14-15H2,1-3H3. The van der Waals surface area contributed by atoms with Crippen LogP contribution in [0.2, 0.25) is 0 Å². The van der Waals surface area contributed by atoms with E-state index < -0.39 is 5.60 Å². The number of carbonyl (C=O) groups is 1. The first-order valence-electron chi connectivity index (χ1n) is 7.97. The minimum atomic E-state index is -0.437. The van der Waals surface area contributed by atoms with Crippen LogP contribution in [0.3, 0.4) is 0 Å². The van der Waals surface area contributed by atoms with Crippen molar-refractivity contribution >= 4 is 17.6 Å². The van der Waals surface area contributed by atoms with E-state index in [4.69, 9.17) is 4.74 Å². The molecule has 0 unspecified atom stereocenters. The van der Waals surface area contributed by atoms with E-state index in [1.54, 1.807) is 0 Å². The highest BCUT2D eigenvalue weighted by atomic mass is 16.6. The van der Waals surface area contributed by atoms with E-state index >= 15 is 0 Å². The van der Waals surface area contributed by atoms with Crippen LogP contribution in [-0.4, -0.2) is 11.6 Å². The highest BCUT2D eigenvalue weighted by Gasteiger charge is 2.16. The Balaban J connectivity index is 2.15. The molecule has 2 aromatic rings. The zero-order valence-electron chi connectivity index (χ0n) is 14.1. The van der Waals surface area contributed by atoms with Crippen molar-refractivity contribution in [2.45, 2.75) is 39.2 Å². The zero-order valence-corrected chi connectivity index (χ0v) is 14.1. The van der Waals surface area contributed by atoms with Gasteiger partial charge in [-0.1, -0.05) is 66.7 Å². The summed E-state index contributed by atoms with van der Waals surface area (Å²) in [5, 5.41) is 0. The Morgan fingerprint density at radius 2 is 1.48 bits per heavy atom. The molecule has 2 aromatic carbocycles. The van der Waals surface area contributed by atoms with Crippen molar-refractivity contribution in [3.63, 3.8) is 0 Å². The van der Waals surface area contributed by atoms with Gasteiger partial charge in [-0.15, -0.1) is 0 Å². The van der Waals surface area contributed by atoms with Gasteiger partial charge >= 0.3 is 5.97 Å². The average Bonchev–Trinajstić information content (AvgIpc) is 2.51. The lowest BCUT2D eigenvalue weighted by Gasteiger charge is -2.19. The van der Waals surface area contributed by atoms with E-state index in [0.29, 0.717) is 12.8 Å².